The van der Waals surface area contributed by atoms with E-state index in [0.29, 0.717) is 6.04 Å². The summed E-state index contributed by atoms with van der Waals surface area (Å²) in [6.07, 6.45) is 0.855. The second-order valence-corrected chi connectivity index (χ2v) is 5.21. The molecule has 2 aromatic rings. The maximum absolute atomic E-state index is 10.6. The van der Waals surface area contributed by atoms with Gasteiger partial charge in [-0.15, -0.1) is 0 Å². The summed E-state index contributed by atoms with van der Waals surface area (Å²) in [4.78, 5) is 10.2. The Bertz CT molecular complexity index is 608. The highest BCUT2D eigenvalue weighted by Crippen LogP contribution is 2.17. The van der Waals surface area contributed by atoms with Crippen molar-refractivity contribution >= 4 is 5.69 Å². The highest BCUT2D eigenvalue weighted by molar-refractivity contribution is 5.33. The number of non-ortho nitro benzene ring substituents is 1. The lowest BCUT2D eigenvalue weighted by Gasteiger charge is -2.16. The van der Waals surface area contributed by atoms with Crippen molar-refractivity contribution in [2.24, 2.45) is 0 Å². The summed E-state index contributed by atoms with van der Waals surface area (Å²) in [5.74, 6) is 0. The van der Waals surface area contributed by atoms with Crippen molar-refractivity contribution in [2.75, 3.05) is 6.54 Å². The third kappa shape index (κ3) is 4.13. The van der Waals surface area contributed by atoms with Crippen LogP contribution in [0, 0.1) is 17.0 Å². The quantitative estimate of drug-likeness (QED) is 0.648. The normalized spacial score (nSPS) is 12.1. The van der Waals surface area contributed by atoms with Gasteiger partial charge in [0.05, 0.1) is 4.92 Å². The van der Waals surface area contributed by atoms with Crippen molar-refractivity contribution in [2.45, 2.75) is 26.3 Å². The van der Waals surface area contributed by atoms with E-state index in [0.717, 1.165) is 18.5 Å². The van der Waals surface area contributed by atoms with Crippen molar-refractivity contribution in [1.29, 1.82) is 0 Å². The molecule has 4 nitrogen and oxygen atoms in total. The molecule has 0 radical (unpaired) electrons. The average molecular weight is 284 g/mol. The average Bonchev–Trinajstić information content (AvgIpc) is 2.48. The molecule has 2 rings (SSSR count). The van der Waals surface area contributed by atoms with Gasteiger partial charge in [0.1, 0.15) is 0 Å². The molecule has 0 unspecified atom stereocenters. The summed E-state index contributed by atoms with van der Waals surface area (Å²) in [7, 11) is 0. The monoisotopic (exact) mass is 284 g/mol. The summed E-state index contributed by atoms with van der Waals surface area (Å²) in [6.45, 7) is 5.11. The number of aryl methyl sites for hydroxylation is 1. The third-order valence-electron chi connectivity index (χ3n) is 3.67. The Kier molecular flexibility index (Phi) is 5.06. The molecule has 0 aliphatic rings. The van der Waals surface area contributed by atoms with Gasteiger partial charge >= 0.3 is 0 Å². The van der Waals surface area contributed by atoms with E-state index in [2.05, 4.69) is 37.4 Å². The number of rotatable bonds is 6. The summed E-state index contributed by atoms with van der Waals surface area (Å²) in [5, 5.41) is 14.1. The Morgan fingerprint density at radius 2 is 1.81 bits per heavy atom. The molecule has 0 heterocycles. The van der Waals surface area contributed by atoms with Crippen molar-refractivity contribution in [3.63, 3.8) is 0 Å². The van der Waals surface area contributed by atoms with E-state index in [9.17, 15) is 10.1 Å². The molecular weight excluding hydrogens is 264 g/mol. The molecule has 0 aliphatic heterocycles. The first-order valence-corrected chi connectivity index (χ1v) is 7.10. The van der Waals surface area contributed by atoms with Gasteiger partial charge < -0.3 is 5.32 Å². The first-order valence-electron chi connectivity index (χ1n) is 7.10. The van der Waals surface area contributed by atoms with E-state index in [1.807, 2.05) is 18.2 Å². The highest BCUT2D eigenvalue weighted by Gasteiger charge is 2.07. The predicted molar refractivity (Wildman–Crippen MR) is 84.4 cm³/mol. The minimum absolute atomic E-state index is 0.139. The van der Waals surface area contributed by atoms with Crippen LogP contribution in [-0.2, 0) is 6.42 Å². The molecule has 0 aromatic heterocycles. The maximum Gasteiger partial charge on any atom is 0.269 e. The number of nitro groups is 1. The summed E-state index contributed by atoms with van der Waals surface area (Å²) >= 11 is 0. The molecule has 0 saturated carbocycles. The Balaban J connectivity index is 1.86. The summed E-state index contributed by atoms with van der Waals surface area (Å²) in [6, 6.07) is 15.4. The van der Waals surface area contributed by atoms with E-state index in [4.69, 9.17) is 0 Å². The zero-order chi connectivity index (χ0) is 15.2. The van der Waals surface area contributed by atoms with E-state index >= 15 is 0 Å². The smallest absolute Gasteiger partial charge is 0.269 e. The van der Waals surface area contributed by atoms with Crippen LogP contribution < -0.4 is 5.32 Å². The Morgan fingerprint density at radius 3 is 2.43 bits per heavy atom. The standard InChI is InChI=1S/C17H20N2O2/c1-13-5-3-4-6-17(13)14(2)18-12-11-15-7-9-16(10-8-15)19(20)21/h3-10,14,18H,11-12H2,1-2H3/t14-/m1/s1. The number of nitrogens with zero attached hydrogens (tertiary/aromatic N) is 1. The Labute approximate surface area is 125 Å². The topological polar surface area (TPSA) is 55.2 Å². The molecule has 110 valence electrons. The van der Waals surface area contributed by atoms with Crippen LogP contribution in [0.2, 0.25) is 0 Å². The fraction of sp³-hybridized carbons (Fsp3) is 0.294. The molecule has 0 spiro atoms. The largest absolute Gasteiger partial charge is 0.310 e. The Morgan fingerprint density at radius 1 is 1.14 bits per heavy atom. The van der Waals surface area contributed by atoms with Gasteiger partial charge in [-0.1, -0.05) is 36.4 Å². The minimum Gasteiger partial charge on any atom is -0.310 e. The second kappa shape index (κ2) is 6.99. The highest BCUT2D eigenvalue weighted by atomic mass is 16.6. The zero-order valence-corrected chi connectivity index (χ0v) is 12.4. The van der Waals surface area contributed by atoms with Crippen molar-refractivity contribution in [3.05, 3.63) is 75.3 Å². The fourth-order valence-corrected chi connectivity index (χ4v) is 2.40. The van der Waals surface area contributed by atoms with E-state index < -0.39 is 0 Å². The van der Waals surface area contributed by atoms with Gasteiger partial charge in [-0.2, -0.15) is 0 Å². The van der Waals surface area contributed by atoms with E-state index in [1.165, 1.54) is 11.1 Å². The lowest BCUT2D eigenvalue weighted by atomic mass is 10.0. The Hall–Kier alpha value is -2.20. The van der Waals surface area contributed by atoms with Gasteiger partial charge in [-0.05, 0) is 43.5 Å². The van der Waals surface area contributed by atoms with E-state index in [1.54, 1.807) is 12.1 Å². The molecule has 0 amide bonds. The minimum atomic E-state index is -0.373. The molecule has 0 bridgehead atoms. The zero-order valence-electron chi connectivity index (χ0n) is 12.4. The van der Waals surface area contributed by atoms with Crippen LogP contribution in [0.15, 0.2) is 48.5 Å². The number of hydrogen-bond donors (Lipinski definition) is 1. The molecule has 2 aromatic carbocycles. The maximum atomic E-state index is 10.6. The van der Waals surface area contributed by atoms with Crippen molar-refractivity contribution in [3.8, 4) is 0 Å². The van der Waals surface area contributed by atoms with Gasteiger partial charge in [-0.3, -0.25) is 10.1 Å². The molecule has 4 heteroatoms. The van der Waals surface area contributed by atoms with Gasteiger partial charge in [-0.25, -0.2) is 0 Å². The summed E-state index contributed by atoms with van der Waals surface area (Å²) in [5.41, 5.74) is 3.83. The predicted octanol–water partition coefficient (Wildman–Crippen LogP) is 3.80. The fourth-order valence-electron chi connectivity index (χ4n) is 2.40. The van der Waals surface area contributed by atoms with Crippen LogP contribution in [0.3, 0.4) is 0 Å². The number of hydrogen-bond acceptors (Lipinski definition) is 3. The third-order valence-corrected chi connectivity index (χ3v) is 3.67. The molecule has 1 atom stereocenters. The van der Waals surface area contributed by atoms with Crippen LogP contribution in [0.1, 0.15) is 29.7 Å². The number of benzene rings is 2. The molecule has 0 saturated heterocycles. The van der Waals surface area contributed by atoms with Gasteiger partial charge in [0, 0.05) is 18.2 Å². The van der Waals surface area contributed by atoms with E-state index in [-0.39, 0.29) is 10.6 Å². The summed E-state index contributed by atoms with van der Waals surface area (Å²) < 4.78 is 0. The first kappa shape index (κ1) is 15.2. The molecular formula is C17H20N2O2. The van der Waals surface area contributed by atoms with Gasteiger partial charge in [0.2, 0.25) is 0 Å². The van der Waals surface area contributed by atoms with Gasteiger partial charge in [0.15, 0.2) is 0 Å². The van der Waals surface area contributed by atoms with Crippen molar-refractivity contribution in [1.82, 2.24) is 5.32 Å². The first-order chi connectivity index (χ1) is 10.1. The SMILES string of the molecule is Cc1ccccc1[C@@H](C)NCCc1ccc([N+](=O)[O-])cc1. The second-order valence-electron chi connectivity index (χ2n) is 5.21. The number of nitrogens with one attached hydrogen (secondary N) is 1. The molecule has 21 heavy (non-hydrogen) atoms. The lowest BCUT2D eigenvalue weighted by molar-refractivity contribution is -0.384. The van der Waals surface area contributed by atoms with Crippen LogP contribution >= 0.6 is 0 Å². The molecule has 0 fully saturated rings. The van der Waals surface area contributed by atoms with Crippen LogP contribution in [0.25, 0.3) is 0 Å². The van der Waals surface area contributed by atoms with Crippen LogP contribution in [0.4, 0.5) is 5.69 Å². The molecule has 1 N–H and O–H groups in total. The number of nitro benzene ring substituents is 1. The molecule has 0 aliphatic carbocycles. The lowest BCUT2D eigenvalue weighted by Crippen LogP contribution is -2.22. The van der Waals surface area contributed by atoms with Gasteiger partial charge in [0.25, 0.3) is 5.69 Å². The van der Waals surface area contributed by atoms with Crippen molar-refractivity contribution < 1.29 is 4.92 Å². The van der Waals surface area contributed by atoms with Crippen LogP contribution in [0.5, 0.6) is 0 Å². The van der Waals surface area contributed by atoms with Crippen LogP contribution in [-0.4, -0.2) is 11.5 Å².